The number of hydrogen-bond acceptors (Lipinski definition) is 12. The van der Waals surface area contributed by atoms with Crippen LogP contribution in [0.2, 0.25) is 0 Å². The van der Waals surface area contributed by atoms with Gasteiger partial charge < -0.3 is 36.4 Å². The van der Waals surface area contributed by atoms with E-state index >= 15 is 0 Å². The molecule has 0 spiro atoms. The van der Waals surface area contributed by atoms with Crippen molar-refractivity contribution in [2.24, 2.45) is 28.3 Å². The predicted octanol–water partition coefficient (Wildman–Crippen LogP) is 3.70. The number of alkyl halides is 2. The number of rotatable bonds is 14. The molecule has 6 aliphatic heterocycles. The number of aliphatic imine (C=N–C) groups is 1. The van der Waals surface area contributed by atoms with Gasteiger partial charge in [0.1, 0.15) is 6.04 Å². The normalized spacial score (nSPS) is 24.7. The second-order valence-corrected chi connectivity index (χ2v) is 19.1. The number of amides is 5. The lowest BCUT2D eigenvalue weighted by atomic mass is 9.85. The number of benzene rings is 2. The van der Waals surface area contributed by atoms with Gasteiger partial charge in [-0.25, -0.2) is 8.78 Å². The Morgan fingerprint density at radius 1 is 0.939 bits per heavy atom. The van der Waals surface area contributed by atoms with E-state index in [1.54, 1.807) is 26.1 Å². The second kappa shape index (κ2) is 20.8. The largest absolute Gasteiger partial charge is 0.404 e. The van der Waals surface area contributed by atoms with Gasteiger partial charge in [-0.3, -0.25) is 39.2 Å². The monoisotopic (exact) mass is 913 g/mol. The predicted molar refractivity (Wildman–Crippen MR) is 249 cm³/mol. The third-order valence-electron chi connectivity index (χ3n) is 15.2. The zero-order valence-corrected chi connectivity index (χ0v) is 38.4. The molecule has 5 amide bonds. The van der Waals surface area contributed by atoms with Crippen LogP contribution >= 0.6 is 0 Å². The maximum atomic E-state index is 14.6. The molecule has 6 aliphatic rings. The quantitative estimate of drug-likeness (QED) is 0.160. The van der Waals surface area contributed by atoms with E-state index in [0.29, 0.717) is 60.3 Å². The van der Waals surface area contributed by atoms with E-state index in [1.165, 1.54) is 12.4 Å². The maximum Gasteiger partial charge on any atom is 0.264 e. The molecule has 8 rings (SSSR count). The van der Waals surface area contributed by atoms with E-state index in [9.17, 15) is 32.8 Å². The first-order chi connectivity index (χ1) is 31.8. The molecule has 4 saturated heterocycles. The van der Waals surface area contributed by atoms with Crippen LogP contribution in [0.5, 0.6) is 0 Å². The van der Waals surface area contributed by atoms with Crippen molar-refractivity contribution in [2.75, 3.05) is 70.9 Å². The van der Waals surface area contributed by atoms with Gasteiger partial charge >= 0.3 is 0 Å². The molecule has 15 nitrogen and oxygen atoms in total. The molecule has 4 unspecified atom stereocenters. The average Bonchev–Trinajstić information content (AvgIpc) is 3.57. The van der Waals surface area contributed by atoms with Gasteiger partial charge in [0.2, 0.25) is 17.7 Å². The van der Waals surface area contributed by atoms with Crippen LogP contribution in [-0.4, -0.2) is 146 Å². The summed E-state index contributed by atoms with van der Waals surface area (Å²) in [6.45, 7) is 9.40. The zero-order valence-electron chi connectivity index (χ0n) is 38.4. The van der Waals surface area contributed by atoms with Crippen LogP contribution in [0.4, 0.5) is 14.5 Å². The van der Waals surface area contributed by atoms with Crippen molar-refractivity contribution in [3.05, 3.63) is 69.9 Å². The molecule has 0 aromatic heterocycles. The van der Waals surface area contributed by atoms with Gasteiger partial charge in [-0.2, -0.15) is 0 Å². The molecule has 4 atom stereocenters. The average molecular weight is 913 g/mol. The van der Waals surface area contributed by atoms with Crippen molar-refractivity contribution in [3.63, 3.8) is 0 Å². The summed E-state index contributed by atoms with van der Waals surface area (Å²) in [5.74, 6) is -1.48. The molecule has 2 aromatic rings. The molecule has 0 bridgehead atoms. The van der Waals surface area contributed by atoms with E-state index in [1.807, 2.05) is 23.1 Å². The van der Waals surface area contributed by atoms with E-state index in [-0.39, 0.29) is 42.2 Å². The van der Waals surface area contributed by atoms with Crippen LogP contribution in [0.15, 0.2) is 41.5 Å². The van der Waals surface area contributed by atoms with E-state index < -0.39 is 36.4 Å². The van der Waals surface area contributed by atoms with Gasteiger partial charge in [-0.05, 0) is 131 Å². The number of halogens is 2. The Hall–Kier alpha value is -5.10. The highest BCUT2D eigenvalue weighted by atomic mass is 19.3. The molecule has 17 heteroatoms. The molecular weight excluding hydrogens is 847 g/mol. The summed E-state index contributed by atoms with van der Waals surface area (Å²) < 4.78 is 29.2. The van der Waals surface area contributed by atoms with Crippen LogP contribution in [0.3, 0.4) is 0 Å². The Bertz CT molecular complexity index is 2220. The van der Waals surface area contributed by atoms with E-state index in [4.69, 9.17) is 11.5 Å². The minimum Gasteiger partial charge on any atom is -0.404 e. The summed E-state index contributed by atoms with van der Waals surface area (Å²) in [6.07, 6.45) is 7.93. The smallest absolute Gasteiger partial charge is 0.264 e. The number of nitrogens with two attached hydrogens (primary N) is 2. The summed E-state index contributed by atoms with van der Waals surface area (Å²) in [5.41, 5.74) is 17.0. The standard InChI is InChI=1S/C49H66F2N10O5/c1-30(62)59-22-16-40(39(29-59)46(53)60-17-4-6-33-25-37(34(27-52)28-54-2)38(45(50)51)26-42(33)60)55-35-14-20-58(21-15-35)24-23-57-18-12-31(13-19-57)8-9-32-5-3-7-36-44(32)49(66)61(48(36)65)41-10-11-43(63)56-47(41)64/h3,5,7,25-28,31,35,39-41,45-46,55H,4,6,8-24,29,52-53H2,1-2H3,(H,56,63,64)/b34-27+,54-28?. The van der Waals surface area contributed by atoms with Crippen molar-refractivity contribution in [1.29, 1.82) is 0 Å². The van der Waals surface area contributed by atoms with Gasteiger partial charge in [0.05, 0.1) is 17.3 Å². The number of nitrogens with zero attached hydrogens (tertiary/aromatic N) is 6. The number of aryl methyl sites for hydroxylation is 2. The molecule has 0 radical (unpaired) electrons. The van der Waals surface area contributed by atoms with Crippen LogP contribution < -0.4 is 27.0 Å². The van der Waals surface area contributed by atoms with Gasteiger partial charge in [0.25, 0.3) is 18.2 Å². The number of imide groups is 2. The fraction of sp³-hybridized carbons (Fsp3) is 0.592. The minimum absolute atomic E-state index is 0.0126. The molecule has 66 heavy (non-hydrogen) atoms. The molecule has 0 aliphatic carbocycles. The second-order valence-electron chi connectivity index (χ2n) is 19.1. The van der Waals surface area contributed by atoms with Crippen molar-refractivity contribution in [1.82, 2.24) is 30.2 Å². The summed E-state index contributed by atoms with van der Waals surface area (Å²) in [6, 6.07) is 8.19. The fourth-order valence-corrected chi connectivity index (χ4v) is 11.4. The molecule has 6 heterocycles. The van der Waals surface area contributed by atoms with E-state index in [2.05, 4.69) is 30.3 Å². The highest BCUT2D eigenvalue weighted by molar-refractivity contribution is 6.24. The van der Waals surface area contributed by atoms with Crippen LogP contribution in [-0.2, 0) is 27.2 Å². The number of piperidine rings is 4. The number of likely N-dealkylation sites (tertiary alicyclic amines) is 3. The first kappa shape index (κ1) is 47.4. The number of anilines is 1. The molecule has 356 valence electrons. The first-order valence-electron chi connectivity index (χ1n) is 24.0. The van der Waals surface area contributed by atoms with Crippen LogP contribution in [0.1, 0.15) is 114 Å². The summed E-state index contributed by atoms with van der Waals surface area (Å²) in [5, 5.41) is 6.24. The number of carbonyl (C=O) groups excluding carboxylic acids is 5. The minimum atomic E-state index is -2.71. The van der Waals surface area contributed by atoms with Crippen LogP contribution in [0.25, 0.3) is 5.57 Å². The van der Waals surface area contributed by atoms with Crippen molar-refractivity contribution >= 4 is 47.0 Å². The van der Waals surface area contributed by atoms with Gasteiger partial charge in [0, 0.05) is 100 Å². The molecule has 6 N–H and O–H groups in total. The van der Waals surface area contributed by atoms with Crippen molar-refractivity contribution < 1.29 is 32.8 Å². The Labute approximate surface area is 386 Å². The maximum absolute atomic E-state index is 14.6. The van der Waals surface area contributed by atoms with Gasteiger partial charge in [-0.15, -0.1) is 0 Å². The number of hydrogen-bond donors (Lipinski definition) is 4. The summed E-state index contributed by atoms with van der Waals surface area (Å²) in [4.78, 5) is 77.9. The topological polar surface area (TPSA) is 190 Å². The Kier molecular flexibility index (Phi) is 15.0. The molecule has 4 fully saturated rings. The first-order valence-corrected chi connectivity index (χ1v) is 24.0. The summed E-state index contributed by atoms with van der Waals surface area (Å²) in [7, 11) is 1.59. The highest BCUT2D eigenvalue weighted by Crippen LogP contribution is 2.39. The molecular formula is C49H66F2N10O5. The Balaban J connectivity index is 0.811. The van der Waals surface area contributed by atoms with Gasteiger partial charge in [-0.1, -0.05) is 12.1 Å². The number of fused-ring (bicyclic) bond motifs is 2. The zero-order chi connectivity index (χ0) is 46.6. The van der Waals surface area contributed by atoms with Gasteiger partial charge in [0.15, 0.2) is 0 Å². The number of allylic oxidation sites excluding steroid dienone is 1. The fourth-order valence-electron chi connectivity index (χ4n) is 11.4. The lowest BCUT2D eigenvalue weighted by molar-refractivity contribution is -0.136. The van der Waals surface area contributed by atoms with Crippen molar-refractivity contribution in [3.8, 4) is 0 Å². The Morgan fingerprint density at radius 3 is 2.33 bits per heavy atom. The number of nitrogens with one attached hydrogen (secondary N) is 2. The molecule has 0 saturated carbocycles. The lowest BCUT2D eigenvalue weighted by Gasteiger charge is -2.48. The third kappa shape index (κ3) is 10.1. The highest BCUT2D eigenvalue weighted by Gasteiger charge is 2.46. The Morgan fingerprint density at radius 2 is 1.67 bits per heavy atom. The molecule has 2 aromatic carbocycles. The van der Waals surface area contributed by atoms with E-state index in [0.717, 1.165) is 112 Å². The van der Waals surface area contributed by atoms with Crippen LogP contribution in [0, 0.1) is 11.8 Å². The van der Waals surface area contributed by atoms with Crippen molar-refractivity contribution in [2.45, 2.75) is 108 Å². The number of carbonyl (C=O) groups is 5. The third-order valence-corrected chi connectivity index (χ3v) is 15.2. The lowest BCUT2D eigenvalue weighted by Crippen LogP contribution is -2.63. The summed E-state index contributed by atoms with van der Waals surface area (Å²) >= 11 is 0. The SMILES string of the molecule is CN=C/C(=C\N)c1cc2c(cc1C(F)F)N(C(N)C1CN(C(C)=O)CCC1NC1CCN(CCN3CCC(CCc4cccc5c4C(=O)N(C4CCC(=O)NC4=O)C5=O)CC3)CC1)CCC2.